The van der Waals surface area contributed by atoms with Crippen molar-refractivity contribution >= 4 is 12.3 Å². The van der Waals surface area contributed by atoms with Crippen LogP contribution < -0.4 is 16.4 Å². The van der Waals surface area contributed by atoms with Gasteiger partial charge in [-0.15, -0.1) is 0 Å². The lowest BCUT2D eigenvalue weighted by atomic mass is 9.93. The van der Waals surface area contributed by atoms with Crippen molar-refractivity contribution in [3.05, 3.63) is 71.3 Å². The van der Waals surface area contributed by atoms with E-state index in [2.05, 4.69) is 46.7 Å². The van der Waals surface area contributed by atoms with Crippen LogP contribution in [0.5, 0.6) is 0 Å². The van der Waals surface area contributed by atoms with Crippen molar-refractivity contribution in [3.63, 3.8) is 0 Å². The van der Waals surface area contributed by atoms with Gasteiger partial charge in [0.1, 0.15) is 0 Å². The van der Waals surface area contributed by atoms with Crippen LogP contribution in [0.25, 0.3) is 0 Å². The number of carbonyl (C=O) groups is 2. The van der Waals surface area contributed by atoms with E-state index in [9.17, 15) is 14.7 Å². The van der Waals surface area contributed by atoms with Gasteiger partial charge in [0.15, 0.2) is 0 Å². The Morgan fingerprint density at radius 3 is 2.27 bits per heavy atom. The third-order valence-corrected chi connectivity index (χ3v) is 6.73. The van der Waals surface area contributed by atoms with Gasteiger partial charge in [-0.05, 0) is 55.2 Å². The maximum atomic E-state index is 11.6. The van der Waals surface area contributed by atoms with Gasteiger partial charge < -0.3 is 21.5 Å². The summed E-state index contributed by atoms with van der Waals surface area (Å²) in [5, 5.41) is 16.1. The lowest BCUT2D eigenvalue weighted by Crippen LogP contribution is -2.46. The monoisotopic (exact) mass is 510 g/mol. The molecule has 0 unspecified atom stereocenters. The Balaban J connectivity index is 0.000000245. The van der Waals surface area contributed by atoms with Crippen LogP contribution in [-0.4, -0.2) is 67.7 Å². The van der Waals surface area contributed by atoms with Crippen molar-refractivity contribution in [2.45, 2.75) is 58.0 Å². The number of aliphatic hydroxyl groups excluding tert-OH is 1. The van der Waals surface area contributed by atoms with Crippen LogP contribution in [0, 0.1) is 5.92 Å². The molecule has 1 fully saturated rings. The largest absolute Gasteiger partial charge is 0.392 e. The van der Waals surface area contributed by atoms with Gasteiger partial charge in [0.05, 0.1) is 6.10 Å². The fourth-order valence-electron chi connectivity index (χ4n) is 4.65. The van der Waals surface area contributed by atoms with Crippen molar-refractivity contribution in [2.75, 3.05) is 39.3 Å². The van der Waals surface area contributed by atoms with Gasteiger partial charge in [-0.3, -0.25) is 14.5 Å². The van der Waals surface area contributed by atoms with E-state index in [1.54, 1.807) is 11.1 Å². The number of unbranched alkanes of at least 4 members (excludes halogenated alkanes) is 1. The number of hydrogen-bond acceptors (Lipinski definition) is 5. The Morgan fingerprint density at radius 1 is 1.08 bits per heavy atom. The van der Waals surface area contributed by atoms with E-state index in [1.807, 2.05) is 30.3 Å². The number of nitrogens with zero attached hydrogens (tertiary/aromatic N) is 1. The predicted molar refractivity (Wildman–Crippen MR) is 150 cm³/mol. The second-order valence-electron chi connectivity index (χ2n) is 9.78. The lowest BCUT2D eigenvalue weighted by molar-refractivity contribution is -0.122. The zero-order valence-corrected chi connectivity index (χ0v) is 22.4. The number of piperazine rings is 1. The quantitative estimate of drug-likeness (QED) is 0.275. The number of hydrogen-bond donors (Lipinski definition) is 4. The molecule has 1 aliphatic heterocycles. The number of aryl methyl sites for hydroxylation is 2. The number of rotatable bonds is 11. The normalized spacial score (nSPS) is 16.2. The molecule has 37 heavy (non-hydrogen) atoms. The molecule has 0 aromatic heterocycles. The molecular formula is C30H46N4O3. The number of aliphatic hydroxyl groups is 1. The van der Waals surface area contributed by atoms with Gasteiger partial charge >= 0.3 is 0 Å². The molecule has 2 atom stereocenters. The highest BCUT2D eigenvalue weighted by atomic mass is 16.3. The SMILES string of the molecule is CCCCNC=O.NC(=O)[C@H](Cc1ccccc1)C[C@H](O)CN1CCNCC1.c1ccc2c(c1)CCC2. The second kappa shape index (κ2) is 18.5. The molecule has 7 nitrogen and oxygen atoms in total. The Labute approximate surface area is 222 Å². The van der Waals surface area contributed by atoms with E-state index in [4.69, 9.17) is 5.73 Å². The standard InChI is InChI=1S/C16H25N3O2.C9H10.C5H11NO/c17-16(21)14(10-13-4-2-1-3-5-13)11-15(20)12-19-8-6-18-7-9-19;1-2-5-9-7-3-6-8(9)4-1;1-2-3-4-6-5-7/h1-5,14-15,18,20H,6-12H2,(H2,17,21);1-2,4-5H,3,6-7H2;5H,2-4H2,1H3,(H,6,7)/t14-,15+;;/m1../s1. The Kier molecular flexibility index (Phi) is 15.2. The molecule has 0 saturated carbocycles. The highest BCUT2D eigenvalue weighted by Crippen LogP contribution is 2.20. The van der Waals surface area contributed by atoms with E-state index >= 15 is 0 Å². The van der Waals surface area contributed by atoms with Gasteiger partial charge in [0.25, 0.3) is 0 Å². The van der Waals surface area contributed by atoms with Crippen molar-refractivity contribution < 1.29 is 14.7 Å². The minimum atomic E-state index is -0.510. The van der Waals surface area contributed by atoms with E-state index in [1.165, 1.54) is 19.3 Å². The topological polar surface area (TPSA) is 108 Å². The van der Waals surface area contributed by atoms with Crippen molar-refractivity contribution in [2.24, 2.45) is 11.7 Å². The highest BCUT2D eigenvalue weighted by molar-refractivity contribution is 5.77. The van der Waals surface area contributed by atoms with Crippen LogP contribution >= 0.6 is 0 Å². The third kappa shape index (κ3) is 12.9. The number of primary amides is 1. The van der Waals surface area contributed by atoms with E-state index in [0.29, 0.717) is 19.4 Å². The number of amides is 2. The summed E-state index contributed by atoms with van der Waals surface area (Å²) in [6.07, 6.45) is 7.42. The molecule has 2 aromatic carbocycles. The first-order valence-electron chi connectivity index (χ1n) is 13.7. The first-order valence-corrected chi connectivity index (χ1v) is 13.7. The van der Waals surface area contributed by atoms with Crippen LogP contribution in [0.4, 0.5) is 0 Å². The molecule has 0 radical (unpaired) electrons. The fraction of sp³-hybridized carbons (Fsp3) is 0.533. The summed E-state index contributed by atoms with van der Waals surface area (Å²) in [6, 6.07) is 18.5. The van der Waals surface area contributed by atoms with E-state index < -0.39 is 6.10 Å². The minimum absolute atomic E-state index is 0.315. The van der Waals surface area contributed by atoms with Gasteiger partial charge in [-0.1, -0.05) is 67.9 Å². The number of β-amino-alcohol motifs (C(OH)–C–C–N with tert-alkyl or cyclic N) is 1. The second-order valence-corrected chi connectivity index (χ2v) is 9.78. The summed E-state index contributed by atoms with van der Waals surface area (Å²) in [5.41, 5.74) is 9.71. The van der Waals surface area contributed by atoms with Gasteiger partial charge in [-0.25, -0.2) is 0 Å². The molecule has 204 valence electrons. The number of nitrogens with one attached hydrogen (secondary N) is 2. The van der Waals surface area contributed by atoms with Crippen molar-refractivity contribution in [1.29, 1.82) is 0 Å². The summed E-state index contributed by atoms with van der Waals surface area (Å²) in [4.78, 5) is 23.4. The van der Waals surface area contributed by atoms with E-state index in [-0.39, 0.29) is 11.8 Å². The molecule has 4 rings (SSSR count). The zero-order valence-electron chi connectivity index (χ0n) is 22.4. The maximum Gasteiger partial charge on any atom is 0.220 e. The molecule has 1 saturated heterocycles. The minimum Gasteiger partial charge on any atom is -0.392 e. The molecule has 0 spiro atoms. The Hall–Kier alpha value is -2.74. The van der Waals surface area contributed by atoms with Gasteiger partial charge in [0.2, 0.25) is 12.3 Å². The summed E-state index contributed by atoms with van der Waals surface area (Å²) in [5.74, 6) is -0.650. The number of carbonyl (C=O) groups excluding carboxylic acids is 2. The predicted octanol–water partition coefficient (Wildman–Crippen LogP) is 2.69. The number of fused-ring (bicyclic) bond motifs is 1. The molecule has 1 heterocycles. The lowest BCUT2D eigenvalue weighted by Gasteiger charge is -2.30. The smallest absolute Gasteiger partial charge is 0.220 e. The molecule has 5 N–H and O–H groups in total. The Morgan fingerprint density at radius 2 is 1.70 bits per heavy atom. The van der Waals surface area contributed by atoms with Crippen LogP contribution in [-0.2, 0) is 28.9 Å². The zero-order chi connectivity index (χ0) is 26.7. The van der Waals surface area contributed by atoms with Crippen molar-refractivity contribution in [1.82, 2.24) is 15.5 Å². The van der Waals surface area contributed by atoms with Crippen LogP contribution in [0.15, 0.2) is 54.6 Å². The summed E-state index contributed by atoms with van der Waals surface area (Å²) in [7, 11) is 0. The highest BCUT2D eigenvalue weighted by Gasteiger charge is 2.22. The molecule has 1 aliphatic carbocycles. The fourth-order valence-corrected chi connectivity index (χ4v) is 4.65. The van der Waals surface area contributed by atoms with Crippen LogP contribution in [0.1, 0.15) is 49.3 Å². The number of benzene rings is 2. The van der Waals surface area contributed by atoms with Gasteiger partial charge in [0, 0.05) is 45.2 Å². The Bertz CT molecular complexity index is 864. The first-order chi connectivity index (χ1) is 18.0. The number of nitrogens with two attached hydrogens (primary N) is 1. The van der Waals surface area contributed by atoms with Crippen LogP contribution in [0.3, 0.4) is 0 Å². The third-order valence-electron chi connectivity index (χ3n) is 6.73. The molecule has 2 aliphatic rings. The molecule has 2 aromatic rings. The maximum absolute atomic E-state index is 11.6. The average Bonchev–Trinajstić information content (AvgIpc) is 3.40. The summed E-state index contributed by atoms with van der Waals surface area (Å²) in [6.45, 7) is 7.31. The average molecular weight is 511 g/mol. The molecule has 2 amide bonds. The molecule has 0 bridgehead atoms. The molecule has 7 heteroatoms. The van der Waals surface area contributed by atoms with Crippen molar-refractivity contribution in [3.8, 4) is 0 Å². The summed E-state index contributed by atoms with van der Waals surface area (Å²) >= 11 is 0. The molecular weight excluding hydrogens is 464 g/mol. The van der Waals surface area contributed by atoms with Crippen LogP contribution in [0.2, 0.25) is 0 Å². The van der Waals surface area contributed by atoms with E-state index in [0.717, 1.165) is 57.5 Å². The summed E-state index contributed by atoms with van der Waals surface area (Å²) < 4.78 is 0. The first kappa shape index (κ1) is 30.5. The van der Waals surface area contributed by atoms with Gasteiger partial charge in [-0.2, -0.15) is 0 Å².